The fourth-order valence-electron chi connectivity index (χ4n) is 5.51. The molecule has 0 unspecified atom stereocenters. The van der Waals surface area contributed by atoms with Gasteiger partial charge in [0, 0.05) is 27.7 Å². The van der Waals surface area contributed by atoms with Crippen LogP contribution in [-0.2, 0) is 14.3 Å². The summed E-state index contributed by atoms with van der Waals surface area (Å²) < 4.78 is 13.7. The predicted molar refractivity (Wildman–Crippen MR) is 170 cm³/mol. The monoisotopic (exact) mass is 655 g/mol. The molecule has 0 saturated carbocycles. The third kappa shape index (κ3) is 4.76. The normalized spacial score (nSPS) is 16.9. The van der Waals surface area contributed by atoms with E-state index in [9.17, 15) is 14.4 Å². The van der Waals surface area contributed by atoms with Gasteiger partial charge in [-0.3, -0.25) is 14.2 Å². The first kappa shape index (κ1) is 28.6. The SMILES string of the molecule is C=CCN1C(=O)/C(=c2\sc3n(c2=O)[C@H](c2cc(Br)ccc2OC)C(C(=O)OCC)=C(c2ccccc2)N=3)c2ccccc21. The van der Waals surface area contributed by atoms with Crippen LogP contribution in [0.5, 0.6) is 5.75 Å². The van der Waals surface area contributed by atoms with Crippen molar-refractivity contribution in [2.75, 3.05) is 25.2 Å². The molecule has 8 nitrogen and oxygen atoms in total. The highest BCUT2D eigenvalue weighted by Gasteiger charge is 2.39. The standard InChI is InChI=1S/C33H26BrN3O5S/c1-4-17-36-23-14-10-9-13-21(23)25(30(36)38)29-31(39)37-28(22-18-20(34)15-16-24(22)41-3)26(32(40)42-5-2)27(35-33(37)43-29)19-11-7-6-8-12-19/h4,6-16,18,28H,1,5,17H2,2-3H3/b29-25-/t28-/m1/s1. The van der Waals surface area contributed by atoms with Crippen LogP contribution in [0.25, 0.3) is 11.3 Å². The molecule has 3 aromatic carbocycles. The summed E-state index contributed by atoms with van der Waals surface area (Å²) in [5.41, 5.74) is 3.04. The second-order valence-electron chi connectivity index (χ2n) is 9.73. The first-order chi connectivity index (χ1) is 20.9. The van der Waals surface area contributed by atoms with Crippen molar-refractivity contribution >= 4 is 56.1 Å². The van der Waals surface area contributed by atoms with Crippen molar-refractivity contribution in [3.63, 3.8) is 0 Å². The molecule has 2 aliphatic heterocycles. The van der Waals surface area contributed by atoms with Gasteiger partial charge in [-0.15, -0.1) is 6.58 Å². The van der Waals surface area contributed by atoms with Gasteiger partial charge in [0.1, 0.15) is 16.3 Å². The molecule has 0 bridgehead atoms. The average Bonchev–Trinajstić information content (AvgIpc) is 3.49. The molecule has 0 spiro atoms. The van der Waals surface area contributed by atoms with Crippen LogP contribution in [0.4, 0.5) is 5.69 Å². The smallest absolute Gasteiger partial charge is 0.338 e. The minimum atomic E-state index is -0.955. The Kier molecular flexibility index (Phi) is 7.72. The lowest BCUT2D eigenvalue weighted by Gasteiger charge is -2.27. The summed E-state index contributed by atoms with van der Waals surface area (Å²) in [5.74, 6) is -0.424. The number of fused-ring (bicyclic) bond motifs is 2. The van der Waals surface area contributed by atoms with E-state index >= 15 is 0 Å². The number of nitrogens with zero attached hydrogens (tertiary/aromatic N) is 3. The number of methoxy groups -OCH3 is 1. The largest absolute Gasteiger partial charge is 0.496 e. The summed E-state index contributed by atoms with van der Waals surface area (Å²) in [7, 11) is 1.53. The van der Waals surface area contributed by atoms with Crippen LogP contribution in [0, 0.1) is 0 Å². The summed E-state index contributed by atoms with van der Waals surface area (Å²) in [6.45, 7) is 5.95. The minimum Gasteiger partial charge on any atom is -0.496 e. The lowest BCUT2D eigenvalue weighted by molar-refractivity contribution is -0.138. The van der Waals surface area contributed by atoms with Gasteiger partial charge in [-0.1, -0.05) is 81.9 Å². The van der Waals surface area contributed by atoms with E-state index in [-0.39, 0.29) is 22.6 Å². The lowest BCUT2D eigenvalue weighted by Crippen LogP contribution is -2.41. The zero-order valence-electron chi connectivity index (χ0n) is 23.4. The van der Waals surface area contributed by atoms with Gasteiger partial charge in [-0.2, -0.15) is 0 Å². The van der Waals surface area contributed by atoms with Crippen molar-refractivity contribution in [3.05, 3.63) is 132 Å². The zero-order chi connectivity index (χ0) is 30.2. The molecule has 2 aliphatic rings. The molecule has 0 N–H and O–H groups in total. The van der Waals surface area contributed by atoms with Gasteiger partial charge in [-0.05, 0) is 31.2 Å². The molecule has 1 aromatic heterocycles. The van der Waals surface area contributed by atoms with E-state index in [4.69, 9.17) is 14.5 Å². The molecular weight excluding hydrogens is 630 g/mol. The Balaban J connectivity index is 1.75. The number of aromatic nitrogens is 1. The molecule has 10 heteroatoms. The van der Waals surface area contributed by atoms with Crippen molar-refractivity contribution in [3.8, 4) is 5.75 Å². The maximum absolute atomic E-state index is 14.5. The highest BCUT2D eigenvalue weighted by atomic mass is 79.9. The molecular formula is C33H26BrN3O5S. The second-order valence-corrected chi connectivity index (χ2v) is 11.6. The summed E-state index contributed by atoms with van der Waals surface area (Å²) in [6.07, 6.45) is 1.65. The van der Waals surface area contributed by atoms with Crippen LogP contribution in [0.1, 0.15) is 29.7 Å². The van der Waals surface area contributed by atoms with Gasteiger partial charge >= 0.3 is 5.97 Å². The van der Waals surface area contributed by atoms with Gasteiger partial charge in [-0.25, -0.2) is 9.79 Å². The van der Waals surface area contributed by atoms with Crippen LogP contribution in [0.3, 0.4) is 0 Å². The molecule has 3 heterocycles. The molecule has 1 atom stereocenters. The Hall–Kier alpha value is -4.54. The Morgan fingerprint density at radius 1 is 1.09 bits per heavy atom. The van der Waals surface area contributed by atoms with Crippen molar-refractivity contribution in [2.45, 2.75) is 13.0 Å². The maximum Gasteiger partial charge on any atom is 0.338 e. The number of carbonyl (C=O) groups is 2. The van der Waals surface area contributed by atoms with Crippen LogP contribution in [-0.4, -0.2) is 36.7 Å². The molecule has 0 aliphatic carbocycles. The average molecular weight is 657 g/mol. The molecule has 0 radical (unpaired) electrons. The third-order valence-corrected chi connectivity index (χ3v) is 8.84. The first-order valence-electron chi connectivity index (χ1n) is 13.6. The van der Waals surface area contributed by atoms with Gasteiger partial charge in [0.15, 0.2) is 4.80 Å². The second kappa shape index (κ2) is 11.6. The quantitative estimate of drug-likeness (QED) is 0.214. The number of halogens is 1. The number of benzene rings is 3. The summed E-state index contributed by atoms with van der Waals surface area (Å²) in [6, 6.07) is 21.1. The van der Waals surface area contributed by atoms with Crippen LogP contribution in [0.15, 0.2) is 105 Å². The topological polar surface area (TPSA) is 90.2 Å². The Bertz CT molecular complexity index is 2010. The molecule has 0 fully saturated rings. The molecule has 43 heavy (non-hydrogen) atoms. The van der Waals surface area contributed by atoms with Crippen molar-refractivity contribution < 1.29 is 19.1 Å². The van der Waals surface area contributed by atoms with E-state index in [1.54, 1.807) is 24.0 Å². The highest BCUT2D eigenvalue weighted by Crippen LogP contribution is 2.40. The number of hydrogen-bond donors (Lipinski definition) is 0. The van der Waals surface area contributed by atoms with Crippen molar-refractivity contribution in [1.82, 2.24) is 4.57 Å². The van der Waals surface area contributed by atoms with E-state index in [0.717, 1.165) is 15.8 Å². The number of esters is 1. The number of anilines is 1. The summed E-state index contributed by atoms with van der Waals surface area (Å²) in [4.78, 5) is 49.0. The number of rotatable bonds is 7. The number of amides is 1. The highest BCUT2D eigenvalue weighted by molar-refractivity contribution is 9.10. The van der Waals surface area contributed by atoms with E-state index < -0.39 is 17.6 Å². The number of para-hydroxylation sites is 1. The maximum atomic E-state index is 14.5. The summed E-state index contributed by atoms with van der Waals surface area (Å²) >= 11 is 4.67. The number of hydrogen-bond acceptors (Lipinski definition) is 7. The predicted octanol–water partition coefficient (Wildman–Crippen LogP) is 4.61. The first-order valence-corrected chi connectivity index (χ1v) is 15.2. The molecule has 6 rings (SSSR count). The molecule has 1 amide bonds. The van der Waals surface area contributed by atoms with E-state index in [1.165, 1.54) is 11.7 Å². The van der Waals surface area contributed by atoms with Gasteiger partial charge < -0.3 is 14.4 Å². The van der Waals surface area contributed by atoms with E-state index in [2.05, 4.69) is 22.5 Å². The molecule has 0 saturated heterocycles. The fourth-order valence-corrected chi connectivity index (χ4v) is 6.98. The Morgan fingerprint density at radius 2 is 1.84 bits per heavy atom. The zero-order valence-corrected chi connectivity index (χ0v) is 25.8. The van der Waals surface area contributed by atoms with Crippen LogP contribution >= 0.6 is 27.3 Å². The van der Waals surface area contributed by atoms with E-state index in [1.807, 2.05) is 66.7 Å². The van der Waals surface area contributed by atoms with Crippen molar-refractivity contribution in [2.24, 2.45) is 4.99 Å². The van der Waals surface area contributed by atoms with Gasteiger partial charge in [0.25, 0.3) is 11.5 Å². The fraction of sp³-hybridized carbons (Fsp3) is 0.152. The number of ether oxygens (including phenoxy) is 2. The third-order valence-electron chi connectivity index (χ3n) is 7.30. The lowest BCUT2D eigenvalue weighted by atomic mass is 9.92. The minimum absolute atomic E-state index is 0.131. The van der Waals surface area contributed by atoms with Gasteiger partial charge in [0.05, 0.1) is 36.2 Å². The van der Waals surface area contributed by atoms with Crippen molar-refractivity contribution in [1.29, 1.82) is 0 Å². The Morgan fingerprint density at radius 3 is 2.56 bits per heavy atom. The number of thiazole rings is 1. The molecule has 216 valence electrons. The Labute approximate surface area is 259 Å². The number of carbonyl (C=O) groups excluding carboxylic acids is 2. The van der Waals surface area contributed by atoms with Crippen LogP contribution < -0.4 is 24.5 Å². The van der Waals surface area contributed by atoms with Gasteiger partial charge in [0.2, 0.25) is 0 Å². The summed E-state index contributed by atoms with van der Waals surface area (Å²) in [5, 5.41) is 0. The molecule has 4 aromatic rings. The van der Waals surface area contributed by atoms with E-state index in [0.29, 0.717) is 50.7 Å². The van der Waals surface area contributed by atoms with Crippen LogP contribution in [0.2, 0.25) is 0 Å².